The zero-order valence-electron chi connectivity index (χ0n) is 65.2. The fourth-order valence-electron chi connectivity index (χ4n) is 10.4. The Kier molecular flexibility index (Phi) is 72.9. The van der Waals surface area contributed by atoms with Gasteiger partial charge in [-0.1, -0.05) is 264 Å². The number of phosphoric acid groups is 2. The van der Waals surface area contributed by atoms with Crippen molar-refractivity contribution in [1.82, 2.24) is 0 Å². The largest absolute Gasteiger partial charge is 0.472 e. The average molecular weight is 1500 g/mol. The highest BCUT2D eigenvalue weighted by Crippen LogP contribution is 2.45. The highest BCUT2D eigenvalue weighted by Gasteiger charge is 2.30. The molecule has 5 atom stereocenters. The Balaban J connectivity index is 5.42. The van der Waals surface area contributed by atoms with Crippen LogP contribution in [0.1, 0.15) is 323 Å². The summed E-state index contributed by atoms with van der Waals surface area (Å²) in [5.74, 6) is -2.27. The van der Waals surface area contributed by atoms with Crippen LogP contribution in [0.2, 0.25) is 0 Å². The van der Waals surface area contributed by atoms with E-state index in [1.54, 1.807) is 0 Å². The molecule has 0 aliphatic carbocycles. The summed E-state index contributed by atoms with van der Waals surface area (Å²) in [7, 11) is -9.99. The molecule has 0 rings (SSSR count). The van der Waals surface area contributed by atoms with Gasteiger partial charge in [-0.15, -0.1) is 0 Å². The van der Waals surface area contributed by atoms with Gasteiger partial charge in [-0.25, -0.2) is 9.13 Å². The van der Waals surface area contributed by atoms with Gasteiger partial charge in [-0.05, 0) is 167 Å². The van der Waals surface area contributed by atoms with Crippen molar-refractivity contribution < 1.29 is 80.2 Å². The van der Waals surface area contributed by atoms with Gasteiger partial charge in [0, 0.05) is 25.7 Å². The highest BCUT2D eigenvalue weighted by molar-refractivity contribution is 7.47. The number of ether oxygens (including phenoxy) is 4. The molecule has 0 saturated carbocycles. The van der Waals surface area contributed by atoms with Crippen molar-refractivity contribution in [1.29, 1.82) is 0 Å². The normalized spacial score (nSPS) is 14.6. The van der Waals surface area contributed by atoms with Crippen LogP contribution in [0.5, 0.6) is 0 Å². The first-order chi connectivity index (χ1) is 50.7. The van der Waals surface area contributed by atoms with Crippen LogP contribution in [0, 0.1) is 0 Å². The molecule has 0 radical (unpaired) electrons. The van der Waals surface area contributed by atoms with Crippen molar-refractivity contribution in [3.05, 3.63) is 134 Å². The molecule has 0 aromatic heterocycles. The fraction of sp³-hybridized carbons (Fsp3) is 0.694. The lowest BCUT2D eigenvalue weighted by atomic mass is 10.1. The smallest absolute Gasteiger partial charge is 0.462 e. The quantitative estimate of drug-likeness (QED) is 0.0169. The zero-order valence-corrected chi connectivity index (χ0v) is 66.9. The van der Waals surface area contributed by atoms with Gasteiger partial charge in [0.25, 0.3) is 0 Å². The Hall–Kier alpha value is -4.80. The number of rotatable bonds is 75. The van der Waals surface area contributed by atoms with E-state index < -0.39 is 97.5 Å². The summed E-state index contributed by atoms with van der Waals surface area (Å²) in [6.45, 7) is 4.60. The summed E-state index contributed by atoms with van der Waals surface area (Å²) in [5.41, 5.74) is 0. The first-order valence-corrected chi connectivity index (χ1v) is 43.4. The first-order valence-electron chi connectivity index (χ1n) is 40.4. The van der Waals surface area contributed by atoms with Gasteiger partial charge in [0.15, 0.2) is 12.2 Å². The van der Waals surface area contributed by atoms with Gasteiger partial charge >= 0.3 is 39.5 Å². The molecular weight excluding hydrogens is 1350 g/mol. The molecule has 596 valence electrons. The number of carbonyl (C=O) groups excluding carboxylic acids is 4. The molecule has 19 heteroatoms. The summed E-state index contributed by atoms with van der Waals surface area (Å²) >= 11 is 0. The molecule has 0 aliphatic heterocycles. The number of aliphatic hydroxyl groups is 1. The van der Waals surface area contributed by atoms with Gasteiger partial charge in [0.2, 0.25) is 0 Å². The summed E-state index contributed by atoms with van der Waals surface area (Å²) in [4.78, 5) is 73.0. The van der Waals surface area contributed by atoms with E-state index in [9.17, 15) is 43.2 Å². The minimum Gasteiger partial charge on any atom is -0.462 e. The second-order valence-corrected chi connectivity index (χ2v) is 29.5. The molecule has 0 amide bonds. The van der Waals surface area contributed by atoms with Gasteiger partial charge in [-0.3, -0.25) is 37.3 Å². The SMILES string of the molecule is CC/C=C\C/C=C\C/C=C\C/C=C\CCCCC(=O)OC(COC(=O)CCCCCCCC/C=C\C/C=C\C/C=C\CCCCC)COP(=O)(O)OCC(O)COP(=O)(O)OCC(COC(=O)CCCCCCC/C=C\C/C=C\CCCCC)OC(=O)CCCCCCC/C=C\C/C=C\CCCCC. The van der Waals surface area contributed by atoms with Crippen molar-refractivity contribution in [3.8, 4) is 0 Å². The zero-order chi connectivity index (χ0) is 76.0. The molecule has 104 heavy (non-hydrogen) atoms. The van der Waals surface area contributed by atoms with Crippen LogP contribution in [-0.2, 0) is 65.4 Å². The molecule has 3 N–H and O–H groups in total. The number of carbonyl (C=O) groups is 4. The third-order valence-electron chi connectivity index (χ3n) is 16.6. The van der Waals surface area contributed by atoms with Crippen LogP contribution in [0.25, 0.3) is 0 Å². The second kappa shape index (κ2) is 76.4. The van der Waals surface area contributed by atoms with Crippen molar-refractivity contribution >= 4 is 39.5 Å². The molecule has 0 bridgehead atoms. The number of esters is 4. The fourth-order valence-corrected chi connectivity index (χ4v) is 12.0. The molecule has 0 saturated heterocycles. The number of phosphoric ester groups is 2. The predicted octanol–water partition coefficient (Wildman–Crippen LogP) is 23.7. The van der Waals surface area contributed by atoms with Crippen molar-refractivity contribution in [2.75, 3.05) is 39.6 Å². The molecule has 0 spiro atoms. The summed E-state index contributed by atoms with van der Waals surface area (Å²) in [5, 5.41) is 10.6. The van der Waals surface area contributed by atoms with Crippen LogP contribution >= 0.6 is 15.6 Å². The van der Waals surface area contributed by atoms with Crippen LogP contribution < -0.4 is 0 Å². The van der Waals surface area contributed by atoms with E-state index in [-0.39, 0.29) is 25.7 Å². The lowest BCUT2D eigenvalue weighted by Crippen LogP contribution is -2.30. The van der Waals surface area contributed by atoms with Gasteiger partial charge in [-0.2, -0.15) is 0 Å². The van der Waals surface area contributed by atoms with E-state index in [2.05, 4.69) is 161 Å². The van der Waals surface area contributed by atoms with E-state index in [1.807, 2.05) is 0 Å². The summed E-state index contributed by atoms with van der Waals surface area (Å²) in [6, 6.07) is 0. The van der Waals surface area contributed by atoms with Crippen molar-refractivity contribution in [2.24, 2.45) is 0 Å². The molecule has 0 aromatic carbocycles. The first kappa shape index (κ1) is 99.2. The molecule has 0 aliphatic rings. The average Bonchev–Trinajstić information content (AvgIpc) is 0.999. The third-order valence-corrected chi connectivity index (χ3v) is 18.5. The van der Waals surface area contributed by atoms with Crippen molar-refractivity contribution in [3.63, 3.8) is 0 Å². The van der Waals surface area contributed by atoms with Crippen molar-refractivity contribution in [2.45, 2.75) is 341 Å². The number of allylic oxidation sites excluding steroid dienone is 22. The van der Waals surface area contributed by atoms with Crippen LogP contribution in [0.3, 0.4) is 0 Å². The molecule has 0 fully saturated rings. The summed E-state index contributed by atoms with van der Waals surface area (Å²) < 4.78 is 68.6. The maximum Gasteiger partial charge on any atom is 0.472 e. The lowest BCUT2D eigenvalue weighted by Gasteiger charge is -2.21. The number of hydrogen-bond donors (Lipinski definition) is 3. The molecule has 17 nitrogen and oxygen atoms in total. The van der Waals surface area contributed by atoms with E-state index in [0.29, 0.717) is 32.1 Å². The highest BCUT2D eigenvalue weighted by atomic mass is 31.2. The predicted molar refractivity (Wildman–Crippen MR) is 427 cm³/mol. The van der Waals surface area contributed by atoms with Gasteiger partial charge < -0.3 is 33.8 Å². The lowest BCUT2D eigenvalue weighted by molar-refractivity contribution is -0.161. The minimum absolute atomic E-state index is 0.0360. The standard InChI is InChI=1S/C85H144O17P2/c1-5-9-13-17-21-25-29-33-37-38-39-40-44-46-50-54-58-62-66-70-83(88)96-76-81(102-85(90)72-68-64-60-56-52-48-43-36-32-28-24-20-16-12-8-4)78-100-104(93,94)98-74-79(86)73-97-103(91,92)99-77-80(101-84(89)71-67-63-59-55-51-47-42-35-31-27-23-19-15-11-7-3)75-95-82(87)69-65-61-57-53-49-45-41-34-30-26-22-18-14-10-6-2/h12,16,21-28,33-37,39-43,52,56,79-81,86H,5-11,13-15,17-20,29-32,38,44-51,53-55,57-78H2,1-4H3,(H,91,92)(H,93,94)/b16-12-,25-21-,26-22-,27-23-,28-24-,37-33-,40-39-,41-34-,42-35-,43-36-,56-52-. The van der Waals surface area contributed by atoms with Gasteiger partial charge in [0.1, 0.15) is 19.3 Å². The Morgan fingerprint density at radius 3 is 0.788 bits per heavy atom. The Bertz CT molecular complexity index is 2490. The Morgan fingerprint density at radius 2 is 0.500 bits per heavy atom. The molecule has 0 aromatic rings. The molecule has 0 heterocycles. The van der Waals surface area contributed by atoms with E-state index >= 15 is 0 Å². The Labute approximate surface area is 631 Å². The molecule has 5 unspecified atom stereocenters. The summed E-state index contributed by atoms with van der Waals surface area (Å²) in [6.07, 6.45) is 85.7. The number of aliphatic hydroxyl groups excluding tert-OH is 1. The van der Waals surface area contributed by atoms with Crippen LogP contribution in [0.4, 0.5) is 0 Å². The monoisotopic (exact) mass is 1500 g/mol. The van der Waals surface area contributed by atoms with Gasteiger partial charge in [0.05, 0.1) is 26.4 Å². The minimum atomic E-state index is -5.00. The second-order valence-electron chi connectivity index (χ2n) is 26.6. The Morgan fingerprint density at radius 1 is 0.279 bits per heavy atom. The number of unbranched alkanes of at least 4 members (excludes halogenated alkanes) is 27. The maximum atomic E-state index is 13.1. The van der Waals surface area contributed by atoms with E-state index in [1.165, 1.54) is 57.8 Å². The third kappa shape index (κ3) is 75.4. The van der Waals surface area contributed by atoms with Crippen LogP contribution in [-0.4, -0.2) is 96.7 Å². The topological polar surface area (TPSA) is 237 Å². The van der Waals surface area contributed by atoms with E-state index in [4.69, 9.17) is 37.0 Å². The van der Waals surface area contributed by atoms with Crippen LogP contribution in [0.15, 0.2) is 134 Å². The van der Waals surface area contributed by atoms with E-state index in [0.717, 1.165) is 180 Å². The maximum absolute atomic E-state index is 13.1. The molecular formula is C85H144O17P2. The number of hydrogen-bond acceptors (Lipinski definition) is 15.